The van der Waals surface area contributed by atoms with Crippen molar-refractivity contribution in [3.05, 3.63) is 59.5 Å². The Bertz CT molecular complexity index is 932. The highest BCUT2D eigenvalue weighted by Gasteiger charge is 2.18. The van der Waals surface area contributed by atoms with Gasteiger partial charge in [0, 0.05) is 23.6 Å². The summed E-state index contributed by atoms with van der Waals surface area (Å²) in [6.07, 6.45) is 2.98. The van der Waals surface area contributed by atoms with E-state index >= 15 is 0 Å². The van der Waals surface area contributed by atoms with Crippen LogP contribution in [0.15, 0.2) is 29.1 Å². The van der Waals surface area contributed by atoms with Gasteiger partial charge in [-0.3, -0.25) is 19.7 Å². The predicted molar refractivity (Wildman–Crippen MR) is 89.8 cm³/mol. The van der Waals surface area contributed by atoms with Gasteiger partial charge in [0.1, 0.15) is 0 Å². The number of Topliss-reactive ketones (excluding diaryl/α,β-unsaturated/α-hetero) is 1. The number of nitrogens with one attached hydrogen (secondary N) is 1. The summed E-state index contributed by atoms with van der Waals surface area (Å²) >= 11 is 1.14. The third kappa shape index (κ3) is 4.23. The molecule has 0 aliphatic carbocycles. The topological polar surface area (TPSA) is 93.1 Å². The molecule has 0 radical (unpaired) electrons. The first-order chi connectivity index (χ1) is 10.7. The van der Waals surface area contributed by atoms with Crippen LogP contribution in [0.5, 0.6) is 0 Å². The van der Waals surface area contributed by atoms with Crippen molar-refractivity contribution in [1.29, 1.82) is 0 Å². The third-order valence-electron chi connectivity index (χ3n) is 3.06. The van der Waals surface area contributed by atoms with E-state index in [1.165, 1.54) is 18.2 Å². The van der Waals surface area contributed by atoms with Crippen LogP contribution < -0.4 is 14.8 Å². The van der Waals surface area contributed by atoms with E-state index in [9.17, 15) is 19.7 Å². The number of nitrogens with zero attached hydrogens (tertiary/aromatic N) is 1. The van der Waals surface area contributed by atoms with Crippen LogP contribution in [-0.2, 0) is 4.79 Å². The highest BCUT2D eigenvalue weighted by molar-refractivity contribution is 7.07. The summed E-state index contributed by atoms with van der Waals surface area (Å²) in [5, 5.41) is 10.8. The first-order valence-electron chi connectivity index (χ1n) is 6.88. The van der Waals surface area contributed by atoms with E-state index in [1.54, 1.807) is 39.0 Å². The number of rotatable bonds is 3. The molecule has 0 saturated heterocycles. The highest BCUT2D eigenvalue weighted by atomic mass is 32.1. The maximum atomic E-state index is 12.0. The molecule has 0 atom stereocenters. The highest BCUT2D eigenvalue weighted by Crippen LogP contribution is 2.15. The maximum Gasteiger partial charge on any atom is 0.270 e. The standard InChI is InChI=1S/C16H16N2O4S/c1-16(2,3)13(19)9-14-17-15(20)12(23-14)8-10-5-4-6-11(7-10)18(21)22/h4-9H,1-3H3,(H,17,20). The first kappa shape index (κ1) is 16.8. The normalized spacial score (nSPS) is 13.3. The molecule has 1 aromatic heterocycles. The third-order valence-corrected chi connectivity index (χ3v) is 4.02. The number of non-ortho nitro benzene ring substituents is 1. The molecule has 120 valence electrons. The summed E-state index contributed by atoms with van der Waals surface area (Å²) in [4.78, 5) is 36.8. The van der Waals surface area contributed by atoms with Crippen LogP contribution in [-0.4, -0.2) is 15.7 Å². The van der Waals surface area contributed by atoms with Crippen molar-refractivity contribution in [3.8, 4) is 0 Å². The lowest BCUT2D eigenvalue weighted by atomic mass is 9.91. The number of hydrogen-bond acceptors (Lipinski definition) is 5. The van der Waals surface area contributed by atoms with Crippen molar-refractivity contribution in [2.24, 2.45) is 5.41 Å². The van der Waals surface area contributed by atoms with E-state index in [4.69, 9.17) is 0 Å². The number of nitro benzene ring substituents is 1. The molecule has 6 nitrogen and oxygen atoms in total. The number of aromatic amines is 1. The zero-order chi connectivity index (χ0) is 17.2. The van der Waals surface area contributed by atoms with Gasteiger partial charge in [0.25, 0.3) is 11.2 Å². The van der Waals surface area contributed by atoms with Gasteiger partial charge in [-0.15, -0.1) is 11.3 Å². The van der Waals surface area contributed by atoms with Crippen molar-refractivity contribution in [1.82, 2.24) is 4.98 Å². The minimum absolute atomic E-state index is 0.0403. The minimum atomic E-state index is -0.523. The minimum Gasteiger partial charge on any atom is -0.313 e. The predicted octanol–water partition coefficient (Wildman–Crippen LogP) is 1.57. The Hall–Kier alpha value is -2.54. The number of H-pyrrole nitrogens is 1. The smallest absolute Gasteiger partial charge is 0.270 e. The van der Waals surface area contributed by atoms with Gasteiger partial charge in [0.05, 0.1) is 14.1 Å². The van der Waals surface area contributed by atoms with Crippen LogP contribution in [0.4, 0.5) is 5.69 Å². The van der Waals surface area contributed by atoms with Gasteiger partial charge >= 0.3 is 0 Å². The molecular formula is C16H16N2O4S. The monoisotopic (exact) mass is 332 g/mol. The Morgan fingerprint density at radius 2 is 2.04 bits per heavy atom. The molecule has 2 aromatic rings. The Kier molecular flexibility index (Phi) is 4.60. The SMILES string of the molecule is CC(C)(C)C(=O)C=c1[nH]c(=O)c(=Cc2cccc([N+](=O)[O-])c2)s1. The molecule has 0 fully saturated rings. The largest absolute Gasteiger partial charge is 0.313 e. The number of hydrogen-bond donors (Lipinski definition) is 1. The van der Waals surface area contributed by atoms with Crippen molar-refractivity contribution in [2.45, 2.75) is 20.8 Å². The molecule has 0 bridgehead atoms. The molecule has 1 N–H and O–H groups in total. The number of carbonyl (C=O) groups is 1. The zero-order valence-corrected chi connectivity index (χ0v) is 13.8. The van der Waals surface area contributed by atoms with E-state index in [1.807, 2.05) is 0 Å². The molecule has 2 rings (SSSR count). The van der Waals surface area contributed by atoms with Gasteiger partial charge in [-0.2, -0.15) is 0 Å². The number of carbonyl (C=O) groups excluding carboxylic acids is 1. The fourth-order valence-corrected chi connectivity index (χ4v) is 2.62. The summed E-state index contributed by atoms with van der Waals surface area (Å²) in [6.45, 7) is 5.40. The van der Waals surface area contributed by atoms with Crippen LogP contribution >= 0.6 is 11.3 Å². The lowest BCUT2D eigenvalue weighted by Gasteiger charge is -2.12. The van der Waals surface area contributed by atoms with Crippen LogP contribution in [0.2, 0.25) is 0 Å². The Balaban J connectivity index is 2.48. The lowest BCUT2D eigenvalue weighted by molar-refractivity contribution is -0.384. The number of nitro groups is 1. The van der Waals surface area contributed by atoms with Gasteiger partial charge in [0.2, 0.25) is 0 Å². The average Bonchev–Trinajstić information content (AvgIpc) is 2.78. The maximum absolute atomic E-state index is 12.0. The Morgan fingerprint density at radius 3 is 2.65 bits per heavy atom. The number of ketones is 1. The van der Waals surface area contributed by atoms with Crippen molar-refractivity contribution < 1.29 is 9.72 Å². The molecule has 0 saturated carbocycles. The van der Waals surface area contributed by atoms with Gasteiger partial charge in [-0.25, -0.2) is 0 Å². The van der Waals surface area contributed by atoms with E-state index in [0.29, 0.717) is 14.8 Å². The zero-order valence-electron chi connectivity index (χ0n) is 13.0. The second-order valence-corrected chi connectivity index (χ2v) is 7.12. The van der Waals surface area contributed by atoms with Crippen molar-refractivity contribution >= 4 is 35.0 Å². The number of aromatic nitrogens is 1. The van der Waals surface area contributed by atoms with Crippen LogP contribution in [0, 0.1) is 15.5 Å². The summed E-state index contributed by atoms with van der Waals surface area (Å²) < 4.78 is 0.852. The average molecular weight is 332 g/mol. The molecule has 23 heavy (non-hydrogen) atoms. The van der Waals surface area contributed by atoms with Gasteiger partial charge in [-0.05, 0) is 11.6 Å². The summed E-state index contributed by atoms with van der Waals surface area (Å²) in [5.74, 6) is -0.0862. The molecule has 1 heterocycles. The van der Waals surface area contributed by atoms with E-state index in [0.717, 1.165) is 11.3 Å². The Morgan fingerprint density at radius 1 is 1.35 bits per heavy atom. The summed E-state index contributed by atoms with van der Waals surface area (Å²) in [5.41, 5.74) is -0.332. The van der Waals surface area contributed by atoms with Crippen LogP contribution in [0.25, 0.3) is 12.2 Å². The molecule has 1 aromatic carbocycles. The summed E-state index contributed by atoms with van der Waals surface area (Å²) in [6, 6.07) is 6.01. The van der Waals surface area contributed by atoms with Crippen LogP contribution in [0.3, 0.4) is 0 Å². The van der Waals surface area contributed by atoms with E-state index < -0.39 is 10.3 Å². The van der Waals surface area contributed by atoms with E-state index in [2.05, 4.69) is 4.98 Å². The molecular weight excluding hydrogens is 316 g/mol. The molecule has 0 aliphatic rings. The second kappa shape index (κ2) is 6.29. The van der Waals surface area contributed by atoms with Crippen LogP contribution in [0.1, 0.15) is 26.3 Å². The molecule has 0 aliphatic heterocycles. The van der Waals surface area contributed by atoms with Gasteiger partial charge in [0.15, 0.2) is 5.78 Å². The first-order valence-corrected chi connectivity index (χ1v) is 7.70. The van der Waals surface area contributed by atoms with Gasteiger partial charge in [-0.1, -0.05) is 32.9 Å². The van der Waals surface area contributed by atoms with E-state index in [-0.39, 0.29) is 17.0 Å². The Labute approximate surface area is 135 Å². The van der Waals surface area contributed by atoms with Crippen molar-refractivity contribution in [3.63, 3.8) is 0 Å². The lowest BCUT2D eigenvalue weighted by Crippen LogP contribution is -2.22. The molecule has 0 unspecified atom stereocenters. The molecule has 7 heteroatoms. The second-order valence-electron chi connectivity index (χ2n) is 6.04. The quantitative estimate of drug-likeness (QED) is 0.682. The number of benzene rings is 1. The van der Waals surface area contributed by atoms with Gasteiger partial charge < -0.3 is 4.98 Å². The molecule has 0 spiro atoms. The summed E-state index contributed by atoms with van der Waals surface area (Å²) in [7, 11) is 0. The van der Waals surface area contributed by atoms with Crippen molar-refractivity contribution in [2.75, 3.05) is 0 Å². The molecule has 0 amide bonds. The fourth-order valence-electron chi connectivity index (χ4n) is 1.74. The fraction of sp³-hybridized carbons (Fsp3) is 0.250. The number of thiazole rings is 1.